The summed E-state index contributed by atoms with van der Waals surface area (Å²) in [6.07, 6.45) is 1.79. The van der Waals surface area contributed by atoms with Gasteiger partial charge in [0.2, 0.25) is 0 Å². The van der Waals surface area contributed by atoms with Gasteiger partial charge in [-0.25, -0.2) is 4.98 Å². The Bertz CT molecular complexity index is 233. The van der Waals surface area contributed by atoms with Gasteiger partial charge in [-0.15, -0.1) is 0 Å². The average molecular weight is 181 g/mol. The lowest BCUT2D eigenvalue weighted by atomic mass is 10.3. The van der Waals surface area contributed by atoms with Crippen molar-refractivity contribution in [2.45, 2.75) is 13.8 Å². The molecule has 1 rings (SSSR count). The summed E-state index contributed by atoms with van der Waals surface area (Å²) in [4.78, 5) is 6.15. The summed E-state index contributed by atoms with van der Waals surface area (Å²) in [6, 6.07) is 3.97. The van der Waals surface area contributed by atoms with Crippen LogP contribution in [-0.2, 0) is 0 Å². The maximum absolute atomic E-state index is 4.10. The van der Waals surface area contributed by atoms with E-state index in [0.29, 0.717) is 0 Å². The van der Waals surface area contributed by atoms with E-state index in [1.165, 1.54) is 0 Å². The van der Waals surface area contributed by atoms with Crippen molar-refractivity contribution in [3.05, 3.63) is 18.3 Å². The second kappa shape index (κ2) is 6.29. The molecule has 0 saturated carbocycles. The van der Waals surface area contributed by atoms with Crippen molar-refractivity contribution < 1.29 is 0 Å². The second-order valence-corrected chi connectivity index (χ2v) is 2.54. The molecule has 0 fully saturated rings. The van der Waals surface area contributed by atoms with E-state index in [9.17, 15) is 0 Å². The van der Waals surface area contributed by atoms with Crippen molar-refractivity contribution in [2.24, 2.45) is 0 Å². The van der Waals surface area contributed by atoms with E-state index in [0.717, 1.165) is 11.5 Å². The molecule has 1 N–H and O–H groups in total. The molecule has 1 heterocycles. The quantitative estimate of drug-likeness (QED) is 0.758. The molecule has 74 valence electrons. The topological polar surface area (TPSA) is 28.2 Å². The zero-order valence-corrected chi connectivity index (χ0v) is 9.13. The van der Waals surface area contributed by atoms with Crippen LogP contribution < -0.4 is 10.2 Å². The van der Waals surface area contributed by atoms with E-state index in [4.69, 9.17) is 0 Å². The van der Waals surface area contributed by atoms with Crippen LogP contribution in [0.5, 0.6) is 0 Å². The molecule has 0 saturated heterocycles. The summed E-state index contributed by atoms with van der Waals surface area (Å²) in [6.45, 7) is 4.00. The van der Waals surface area contributed by atoms with Crippen LogP contribution in [0.15, 0.2) is 18.3 Å². The van der Waals surface area contributed by atoms with Gasteiger partial charge in [-0.1, -0.05) is 13.8 Å². The van der Waals surface area contributed by atoms with Crippen LogP contribution in [0.3, 0.4) is 0 Å². The Labute approximate surface area is 80.8 Å². The molecule has 1 aromatic heterocycles. The lowest BCUT2D eigenvalue weighted by Gasteiger charge is -2.12. The molecule has 3 nitrogen and oxygen atoms in total. The Morgan fingerprint density at radius 2 is 1.92 bits per heavy atom. The van der Waals surface area contributed by atoms with E-state index in [1.54, 1.807) is 6.20 Å². The number of hydrogen-bond acceptors (Lipinski definition) is 3. The number of pyridine rings is 1. The molecule has 0 aliphatic heterocycles. The Morgan fingerprint density at radius 3 is 2.38 bits per heavy atom. The van der Waals surface area contributed by atoms with Gasteiger partial charge < -0.3 is 10.2 Å². The van der Waals surface area contributed by atoms with Gasteiger partial charge in [-0.2, -0.15) is 0 Å². The van der Waals surface area contributed by atoms with Crippen molar-refractivity contribution in [3.8, 4) is 0 Å². The third kappa shape index (κ3) is 3.78. The first-order valence-electron chi connectivity index (χ1n) is 4.55. The van der Waals surface area contributed by atoms with E-state index >= 15 is 0 Å². The van der Waals surface area contributed by atoms with Crippen molar-refractivity contribution in [3.63, 3.8) is 0 Å². The van der Waals surface area contributed by atoms with Gasteiger partial charge in [0.15, 0.2) is 0 Å². The molecule has 0 aliphatic rings. The third-order valence-electron chi connectivity index (χ3n) is 1.52. The maximum atomic E-state index is 4.10. The summed E-state index contributed by atoms with van der Waals surface area (Å²) >= 11 is 0. The number of nitrogens with one attached hydrogen (secondary N) is 1. The summed E-state index contributed by atoms with van der Waals surface area (Å²) < 4.78 is 0. The minimum Gasteiger partial charge on any atom is -0.378 e. The second-order valence-electron chi connectivity index (χ2n) is 2.54. The van der Waals surface area contributed by atoms with E-state index in [-0.39, 0.29) is 0 Å². The zero-order chi connectivity index (χ0) is 10.3. The summed E-state index contributed by atoms with van der Waals surface area (Å²) in [5.41, 5.74) is 1.16. The smallest absolute Gasteiger partial charge is 0.127 e. The summed E-state index contributed by atoms with van der Waals surface area (Å²) in [7, 11) is 5.88. The number of aromatic nitrogens is 1. The van der Waals surface area contributed by atoms with Gasteiger partial charge in [0.05, 0.1) is 0 Å². The lowest BCUT2D eigenvalue weighted by Crippen LogP contribution is -2.08. The molecule has 13 heavy (non-hydrogen) atoms. The van der Waals surface area contributed by atoms with Gasteiger partial charge >= 0.3 is 0 Å². The van der Waals surface area contributed by atoms with Crippen LogP contribution >= 0.6 is 0 Å². The predicted molar refractivity (Wildman–Crippen MR) is 59.5 cm³/mol. The van der Waals surface area contributed by atoms with Crippen LogP contribution in [0.4, 0.5) is 11.5 Å². The fraction of sp³-hybridized carbons (Fsp3) is 0.500. The van der Waals surface area contributed by atoms with Crippen molar-refractivity contribution >= 4 is 11.5 Å². The van der Waals surface area contributed by atoms with Crippen LogP contribution in [0.2, 0.25) is 0 Å². The molecule has 0 amide bonds. The minimum absolute atomic E-state index is 0.899. The zero-order valence-electron chi connectivity index (χ0n) is 9.13. The van der Waals surface area contributed by atoms with Gasteiger partial charge in [0, 0.05) is 39.1 Å². The lowest BCUT2D eigenvalue weighted by molar-refractivity contribution is 1.12. The van der Waals surface area contributed by atoms with Crippen LogP contribution in [0, 0.1) is 0 Å². The Hall–Kier alpha value is -1.25. The monoisotopic (exact) mass is 181 g/mol. The molecule has 0 atom stereocenters. The first-order chi connectivity index (χ1) is 6.24. The Morgan fingerprint density at radius 1 is 1.31 bits per heavy atom. The Balaban J connectivity index is 0.000000671. The normalized spacial score (nSPS) is 8.38. The molecule has 0 aromatic carbocycles. The van der Waals surface area contributed by atoms with Crippen molar-refractivity contribution in [2.75, 3.05) is 31.4 Å². The fourth-order valence-electron chi connectivity index (χ4n) is 0.834. The van der Waals surface area contributed by atoms with Gasteiger partial charge in [0.1, 0.15) is 5.82 Å². The standard InChI is InChI=1S/C8H13N3.C2H6/c1-9-8-6-7(11(2)3)4-5-10-8;1-2/h4-6H,1-3H3,(H,9,10);1-2H3. The minimum atomic E-state index is 0.899. The van der Waals surface area contributed by atoms with Crippen LogP contribution in [-0.4, -0.2) is 26.1 Å². The van der Waals surface area contributed by atoms with Crippen molar-refractivity contribution in [1.29, 1.82) is 0 Å². The van der Waals surface area contributed by atoms with E-state index in [2.05, 4.69) is 10.3 Å². The highest BCUT2D eigenvalue weighted by Crippen LogP contribution is 2.13. The Kier molecular flexibility index (Phi) is 5.68. The van der Waals surface area contributed by atoms with Crippen molar-refractivity contribution in [1.82, 2.24) is 4.98 Å². The molecule has 0 spiro atoms. The van der Waals surface area contributed by atoms with E-state index in [1.807, 2.05) is 52.0 Å². The van der Waals surface area contributed by atoms with Gasteiger partial charge in [-0.05, 0) is 6.07 Å². The fourth-order valence-corrected chi connectivity index (χ4v) is 0.834. The average Bonchev–Trinajstić information content (AvgIpc) is 2.21. The SMILES string of the molecule is CC.CNc1cc(N(C)C)ccn1. The molecule has 0 unspecified atom stereocenters. The number of rotatable bonds is 2. The molecule has 0 radical (unpaired) electrons. The summed E-state index contributed by atoms with van der Waals surface area (Å²) in [5, 5.41) is 2.98. The molecule has 1 aromatic rings. The number of hydrogen-bond donors (Lipinski definition) is 1. The summed E-state index contributed by atoms with van der Waals surface area (Å²) in [5.74, 6) is 0.899. The largest absolute Gasteiger partial charge is 0.378 e. The first-order valence-corrected chi connectivity index (χ1v) is 4.55. The molecule has 0 aliphatic carbocycles. The maximum Gasteiger partial charge on any atom is 0.127 e. The highest BCUT2D eigenvalue weighted by molar-refractivity contribution is 5.52. The molecular weight excluding hydrogens is 162 g/mol. The highest BCUT2D eigenvalue weighted by atomic mass is 15.1. The molecule has 3 heteroatoms. The first kappa shape index (κ1) is 11.8. The third-order valence-corrected chi connectivity index (χ3v) is 1.52. The van der Waals surface area contributed by atoms with Crippen LogP contribution in [0.1, 0.15) is 13.8 Å². The molecular formula is C10H19N3. The molecule has 0 bridgehead atoms. The van der Waals surface area contributed by atoms with Crippen LogP contribution in [0.25, 0.3) is 0 Å². The number of nitrogens with zero attached hydrogens (tertiary/aromatic N) is 2. The van der Waals surface area contributed by atoms with E-state index < -0.39 is 0 Å². The highest BCUT2D eigenvalue weighted by Gasteiger charge is 1.95. The van der Waals surface area contributed by atoms with Gasteiger partial charge in [0.25, 0.3) is 0 Å². The van der Waals surface area contributed by atoms with Gasteiger partial charge in [-0.3, -0.25) is 0 Å². The predicted octanol–water partition coefficient (Wildman–Crippen LogP) is 2.22. The number of anilines is 2.